The molecule has 37 heavy (non-hydrogen) atoms. The zero-order valence-electron chi connectivity index (χ0n) is 22.3. The molecule has 2 bridgehead atoms. The number of ketones is 2. The molecule has 5 N–H and O–H groups in total. The Labute approximate surface area is 217 Å². The molecule has 0 unspecified atom stereocenters. The molecule has 0 aromatic heterocycles. The molecule has 9 nitrogen and oxygen atoms in total. The lowest BCUT2D eigenvalue weighted by molar-refractivity contribution is -0.166. The van der Waals surface area contributed by atoms with Gasteiger partial charge in [-0.2, -0.15) is 0 Å². The monoisotopic (exact) mass is 508 g/mol. The number of Topliss-reactive ketones (excluding diaryl/α,β-unsaturated/α-hetero) is 2. The number of aliphatic hydroxyl groups excluding tert-OH is 1. The predicted octanol–water partition coefficient (Wildman–Crippen LogP) is 0.930. The van der Waals surface area contributed by atoms with Crippen LogP contribution in [-0.2, 0) is 20.8 Å². The lowest BCUT2D eigenvalue weighted by Crippen LogP contribution is -2.71. The molecule has 1 amide bonds. The second-order valence-corrected chi connectivity index (χ2v) is 11.1. The van der Waals surface area contributed by atoms with E-state index in [4.69, 9.17) is 5.73 Å². The van der Waals surface area contributed by atoms with E-state index in [-0.39, 0.29) is 48.3 Å². The number of rotatable bonds is 3. The van der Waals surface area contributed by atoms with Crippen molar-refractivity contribution in [1.29, 1.82) is 0 Å². The third kappa shape index (κ3) is 3.63. The standard InChI is InChI=1S/C28H36N4O5/c1-11-7-16-8-19-28(37)32-18(23(31(19)6)21(16)25(34)12(11)2)9-17-22(20(32)10-30-27(36)15(5)29)26(35)14(4)13(3)24(17)33/h7,15,18-20,23,28,34,37H,8-10,29H2,1-6H3,(H,30,36)/t15-,18-,19-,20-,23-,28-/m0/s1. The van der Waals surface area contributed by atoms with E-state index in [0.717, 1.165) is 22.3 Å². The van der Waals surface area contributed by atoms with Gasteiger partial charge in [0.1, 0.15) is 12.0 Å². The van der Waals surface area contributed by atoms with Crippen molar-refractivity contribution in [3.05, 3.63) is 50.6 Å². The van der Waals surface area contributed by atoms with Gasteiger partial charge in [0.15, 0.2) is 11.6 Å². The van der Waals surface area contributed by atoms with E-state index in [9.17, 15) is 24.6 Å². The first-order chi connectivity index (χ1) is 17.4. The number of nitrogens with zero attached hydrogens (tertiary/aromatic N) is 2. The molecule has 5 rings (SSSR count). The van der Waals surface area contributed by atoms with Crippen molar-refractivity contribution in [1.82, 2.24) is 15.1 Å². The summed E-state index contributed by atoms with van der Waals surface area (Å²) in [7, 11) is 1.94. The summed E-state index contributed by atoms with van der Waals surface area (Å²) in [6.07, 6.45) is -0.172. The highest BCUT2D eigenvalue weighted by molar-refractivity contribution is 6.25. The largest absolute Gasteiger partial charge is 0.507 e. The number of likely N-dealkylation sites (N-methyl/N-ethyl adjacent to an activating group) is 1. The second kappa shape index (κ2) is 8.87. The number of fused-ring (bicyclic) bond motifs is 6. The highest BCUT2D eigenvalue weighted by Gasteiger charge is 2.56. The Kier molecular flexibility index (Phi) is 6.18. The number of nitrogens with two attached hydrogens (primary N) is 1. The average Bonchev–Trinajstić information content (AvgIpc) is 2.85. The quantitative estimate of drug-likeness (QED) is 0.443. The summed E-state index contributed by atoms with van der Waals surface area (Å²) >= 11 is 0. The number of phenolic OH excluding ortho intramolecular Hbond substituents is 1. The van der Waals surface area contributed by atoms with Gasteiger partial charge in [-0.05, 0) is 71.2 Å². The van der Waals surface area contributed by atoms with Gasteiger partial charge in [-0.1, -0.05) is 6.07 Å². The highest BCUT2D eigenvalue weighted by atomic mass is 16.3. The predicted molar refractivity (Wildman–Crippen MR) is 138 cm³/mol. The lowest BCUT2D eigenvalue weighted by Gasteiger charge is -2.60. The molecule has 198 valence electrons. The van der Waals surface area contributed by atoms with Crippen molar-refractivity contribution >= 4 is 17.5 Å². The second-order valence-electron chi connectivity index (χ2n) is 11.1. The van der Waals surface area contributed by atoms with E-state index in [1.54, 1.807) is 20.8 Å². The summed E-state index contributed by atoms with van der Waals surface area (Å²) in [4.78, 5) is 43.5. The number of nitrogens with one attached hydrogen (secondary N) is 1. The summed E-state index contributed by atoms with van der Waals surface area (Å²) in [6.45, 7) is 8.79. The maximum Gasteiger partial charge on any atom is 0.236 e. The number of allylic oxidation sites excluding steroid dienone is 2. The van der Waals surface area contributed by atoms with Crippen LogP contribution in [0.4, 0.5) is 0 Å². The van der Waals surface area contributed by atoms with Crippen LogP contribution >= 0.6 is 0 Å². The molecule has 3 heterocycles. The molecule has 1 aromatic carbocycles. The number of piperazine rings is 1. The number of phenols is 1. The topological polar surface area (TPSA) is 136 Å². The molecule has 1 saturated heterocycles. The summed E-state index contributed by atoms with van der Waals surface area (Å²) in [5.74, 6) is -0.534. The SMILES string of the molecule is CC1=C(C)C(=O)C2=C(C[C@H]3[C@H]4c5c(cc(C)c(C)c5O)C[C@@H]([C@H](O)N3[C@H]2CNC(=O)[C@H](C)N)N4C)C1=O. The number of hydrogen-bond donors (Lipinski definition) is 4. The van der Waals surface area contributed by atoms with Gasteiger partial charge in [-0.25, -0.2) is 0 Å². The van der Waals surface area contributed by atoms with Crippen LogP contribution in [0.15, 0.2) is 28.4 Å². The van der Waals surface area contributed by atoms with Crippen LogP contribution in [0, 0.1) is 13.8 Å². The fourth-order valence-electron chi connectivity index (χ4n) is 6.74. The van der Waals surface area contributed by atoms with E-state index < -0.39 is 24.4 Å². The van der Waals surface area contributed by atoms with Crippen LogP contribution < -0.4 is 11.1 Å². The molecular weight excluding hydrogens is 472 g/mol. The molecular formula is C28H36N4O5. The zero-order chi connectivity index (χ0) is 27.1. The van der Waals surface area contributed by atoms with Crippen molar-refractivity contribution in [2.45, 2.75) is 83.9 Å². The summed E-state index contributed by atoms with van der Waals surface area (Å²) in [5.41, 5.74) is 11.0. The number of carbonyl (C=O) groups excluding carboxylic acids is 3. The van der Waals surface area contributed by atoms with Gasteiger partial charge in [0.2, 0.25) is 5.91 Å². The fraction of sp³-hybridized carbons (Fsp3) is 0.536. The van der Waals surface area contributed by atoms with Gasteiger partial charge >= 0.3 is 0 Å². The van der Waals surface area contributed by atoms with E-state index in [2.05, 4.69) is 16.3 Å². The maximum atomic E-state index is 13.6. The molecule has 4 aliphatic rings. The first kappa shape index (κ1) is 25.8. The van der Waals surface area contributed by atoms with Crippen LogP contribution in [0.3, 0.4) is 0 Å². The Balaban J connectivity index is 1.68. The average molecular weight is 509 g/mol. The molecule has 3 aliphatic heterocycles. The number of aliphatic hydroxyl groups is 1. The van der Waals surface area contributed by atoms with Gasteiger partial charge in [-0.3, -0.25) is 24.2 Å². The first-order valence-corrected chi connectivity index (χ1v) is 12.9. The molecule has 0 radical (unpaired) electrons. The van der Waals surface area contributed by atoms with Crippen molar-refractivity contribution < 1.29 is 24.6 Å². The van der Waals surface area contributed by atoms with E-state index in [1.165, 1.54) is 0 Å². The number of hydrogen-bond acceptors (Lipinski definition) is 8. The van der Waals surface area contributed by atoms with Gasteiger partial charge in [0, 0.05) is 40.4 Å². The van der Waals surface area contributed by atoms with E-state index >= 15 is 0 Å². The number of aromatic hydroxyl groups is 1. The van der Waals surface area contributed by atoms with Crippen molar-refractivity contribution in [3.63, 3.8) is 0 Å². The van der Waals surface area contributed by atoms with Crippen molar-refractivity contribution in [2.75, 3.05) is 13.6 Å². The molecule has 0 spiro atoms. The van der Waals surface area contributed by atoms with Gasteiger partial charge in [0.05, 0.1) is 24.2 Å². The molecule has 1 aromatic rings. The van der Waals surface area contributed by atoms with Gasteiger partial charge < -0.3 is 21.3 Å². The minimum atomic E-state index is -0.954. The third-order valence-electron chi connectivity index (χ3n) is 9.10. The summed E-state index contributed by atoms with van der Waals surface area (Å²) in [5, 5.41) is 25.9. The van der Waals surface area contributed by atoms with Crippen LogP contribution in [-0.4, -0.2) is 81.5 Å². The maximum absolute atomic E-state index is 13.6. The highest BCUT2D eigenvalue weighted by Crippen LogP contribution is 2.52. The lowest BCUT2D eigenvalue weighted by atomic mass is 9.70. The molecule has 6 atom stereocenters. The van der Waals surface area contributed by atoms with Crippen LogP contribution in [0.2, 0.25) is 0 Å². The minimum absolute atomic E-state index is 0.0348. The Bertz CT molecular complexity index is 1300. The summed E-state index contributed by atoms with van der Waals surface area (Å²) in [6, 6.07) is -0.377. The zero-order valence-corrected chi connectivity index (χ0v) is 22.3. The van der Waals surface area contributed by atoms with Gasteiger partial charge in [-0.15, -0.1) is 0 Å². The third-order valence-corrected chi connectivity index (χ3v) is 9.10. The number of amides is 1. The van der Waals surface area contributed by atoms with Crippen LogP contribution in [0.25, 0.3) is 0 Å². The summed E-state index contributed by atoms with van der Waals surface area (Å²) < 4.78 is 0. The van der Waals surface area contributed by atoms with E-state index in [1.807, 2.05) is 25.8 Å². The molecule has 1 fully saturated rings. The fourth-order valence-corrected chi connectivity index (χ4v) is 6.74. The minimum Gasteiger partial charge on any atom is -0.507 e. The number of benzene rings is 1. The smallest absolute Gasteiger partial charge is 0.236 e. The Morgan fingerprint density at radius 1 is 1.14 bits per heavy atom. The Hall–Kier alpha value is -2.85. The Morgan fingerprint density at radius 3 is 2.43 bits per heavy atom. The molecule has 0 saturated carbocycles. The first-order valence-electron chi connectivity index (χ1n) is 12.9. The number of aryl methyl sites for hydroxylation is 1. The van der Waals surface area contributed by atoms with Crippen LogP contribution in [0.5, 0.6) is 5.75 Å². The van der Waals surface area contributed by atoms with E-state index in [0.29, 0.717) is 28.7 Å². The van der Waals surface area contributed by atoms with Crippen molar-refractivity contribution in [3.8, 4) is 5.75 Å². The van der Waals surface area contributed by atoms with Crippen molar-refractivity contribution in [2.24, 2.45) is 5.73 Å². The molecule has 1 aliphatic carbocycles. The van der Waals surface area contributed by atoms with Crippen LogP contribution in [0.1, 0.15) is 55.5 Å². The number of carbonyl (C=O) groups is 3. The molecule has 9 heteroatoms. The van der Waals surface area contributed by atoms with Gasteiger partial charge in [0.25, 0.3) is 0 Å². The Morgan fingerprint density at radius 2 is 1.78 bits per heavy atom. The normalized spacial score (nSPS) is 30.6.